The molecule has 0 saturated heterocycles. The molecule has 0 aliphatic carbocycles. The van der Waals surface area contributed by atoms with Gasteiger partial charge in [-0.05, 0) is 19.3 Å². The Hall–Kier alpha value is -0.570. The van der Waals surface area contributed by atoms with Crippen LogP contribution in [-0.2, 0) is 9.53 Å². The lowest BCUT2D eigenvalue weighted by Gasteiger charge is -2.07. The molecule has 0 radical (unpaired) electrons. The van der Waals surface area contributed by atoms with Gasteiger partial charge in [-0.15, -0.1) is 0 Å². The van der Waals surface area contributed by atoms with E-state index in [9.17, 15) is 4.79 Å². The molecule has 0 heterocycles. The molecule has 0 saturated carbocycles. The Labute approximate surface area is 87.0 Å². The van der Waals surface area contributed by atoms with Crippen LogP contribution >= 0.6 is 0 Å². The van der Waals surface area contributed by atoms with Gasteiger partial charge in [0, 0.05) is 0 Å². The molecule has 1 atom stereocenters. The Morgan fingerprint density at radius 1 is 1.21 bits per heavy atom. The molecule has 0 unspecified atom stereocenters. The first-order chi connectivity index (χ1) is 6.54. The van der Waals surface area contributed by atoms with Gasteiger partial charge in [0.25, 0.3) is 0 Å². The van der Waals surface area contributed by atoms with E-state index in [4.69, 9.17) is 10.5 Å². The van der Waals surface area contributed by atoms with Crippen LogP contribution < -0.4 is 5.73 Å². The standard InChI is InChI=1S/C11H23NO2/c1-9(2)7-5-4-6-8-14-11(13)10(3)12/h9-10H,4-8,12H2,1-3H3/t10-/m0/s1. The smallest absolute Gasteiger partial charge is 0.322 e. The van der Waals surface area contributed by atoms with Gasteiger partial charge in [0.2, 0.25) is 0 Å². The summed E-state index contributed by atoms with van der Waals surface area (Å²) < 4.78 is 4.95. The monoisotopic (exact) mass is 201 g/mol. The number of carbonyl (C=O) groups is 1. The molecule has 0 aliphatic rings. The van der Waals surface area contributed by atoms with Crippen molar-refractivity contribution < 1.29 is 9.53 Å². The minimum absolute atomic E-state index is 0.297. The average Bonchev–Trinajstić information content (AvgIpc) is 2.09. The molecule has 14 heavy (non-hydrogen) atoms. The second-order valence-electron chi connectivity index (χ2n) is 4.20. The van der Waals surface area contributed by atoms with E-state index >= 15 is 0 Å². The molecule has 3 nitrogen and oxygen atoms in total. The van der Waals surface area contributed by atoms with Gasteiger partial charge in [-0.2, -0.15) is 0 Å². The second-order valence-corrected chi connectivity index (χ2v) is 4.20. The fraction of sp³-hybridized carbons (Fsp3) is 0.909. The maximum absolute atomic E-state index is 10.9. The zero-order valence-electron chi connectivity index (χ0n) is 9.58. The largest absolute Gasteiger partial charge is 0.465 e. The van der Waals surface area contributed by atoms with E-state index in [1.54, 1.807) is 6.92 Å². The van der Waals surface area contributed by atoms with Crippen molar-refractivity contribution in [2.45, 2.75) is 52.5 Å². The molecule has 0 amide bonds. The molecule has 0 fully saturated rings. The lowest BCUT2D eigenvalue weighted by molar-refractivity contribution is -0.144. The van der Waals surface area contributed by atoms with Gasteiger partial charge in [0.1, 0.15) is 6.04 Å². The van der Waals surface area contributed by atoms with Crippen LogP contribution in [-0.4, -0.2) is 18.6 Å². The summed E-state index contributed by atoms with van der Waals surface area (Å²) in [5.41, 5.74) is 5.34. The number of carbonyl (C=O) groups excluding carboxylic acids is 1. The first-order valence-electron chi connectivity index (χ1n) is 5.46. The SMILES string of the molecule is CC(C)CCCCCOC(=O)[C@H](C)N. The molecule has 2 N–H and O–H groups in total. The minimum Gasteiger partial charge on any atom is -0.465 e. The van der Waals surface area contributed by atoms with Gasteiger partial charge in [0.15, 0.2) is 0 Å². The fourth-order valence-corrected chi connectivity index (χ4v) is 1.14. The van der Waals surface area contributed by atoms with Crippen molar-refractivity contribution >= 4 is 5.97 Å². The summed E-state index contributed by atoms with van der Waals surface area (Å²) in [5, 5.41) is 0. The molecule has 0 bridgehead atoms. The van der Waals surface area contributed by atoms with Crippen LogP contribution in [0, 0.1) is 5.92 Å². The van der Waals surface area contributed by atoms with E-state index < -0.39 is 6.04 Å². The summed E-state index contributed by atoms with van der Waals surface area (Å²) in [6.45, 7) is 6.59. The molecule has 0 aromatic carbocycles. The predicted molar refractivity (Wildman–Crippen MR) is 57.9 cm³/mol. The number of hydrogen-bond donors (Lipinski definition) is 1. The number of hydrogen-bond acceptors (Lipinski definition) is 3. The van der Waals surface area contributed by atoms with Crippen LogP contribution in [0.2, 0.25) is 0 Å². The third-order valence-corrected chi connectivity index (χ3v) is 2.04. The highest BCUT2D eigenvalue weighted by atomic mass is 16.5. The summed E-state index contributed by atoms with van der Waals surface area (Å²) in [7, 11) is 0. The van der Waals surface area contributed by atoms with Crippen molar-refractivity contribution in [3.63, 3.8) is 0 Å². The highest BCUT2D eigenvalue weighted by Gasteiger charge is 2.07. The van der Waals surface area contributed by atoms with Crippen molar-refractivity contribution in [3.8, 4) is 0 Å². The van der Waals surface area contributed by atoms with E-state index in [1.807, 2.05) is 0 Å². The topological polar surface area (TPSA) is 52.3 Å². The Bertz CT molecular complexity index is 155. The maximum atomic E-state index is 10.9. The summed E-state index contributed by atoms with van der Waals surface area (Å²) in [4.78, 5) is 10.9. The van der Waals surface area contributed by atoms with Crippen LogP contribution in [0.5, 0.6) is 0 Å². The summed E-state index contributed by atoms with van der Waals surface area (Å²) in [6, 6.07) is -0.495. The molecule has 0 aromatic heterocycles. The van der Waals surface area contributed by atoms with Crippen molar-refractivity contribution in [2.24, 2.45) is 11.7 Å². The second kappa shape index (κ2) is 7.80. The lowest BCUT2D eigenvalue weighted by Crippen LogP contribution is -2.28. The molecule has 0 aliphatic heterocycles. The number of nitrogens with two attached hydrogens (primary N) is 1. The molecular weight excluding hydrogens is 178 g/mol. The molecule has 0 aromatic rings. The van der Waals surface area contributed by atoms with Crippen molar-refractivity contribution in [1.82, 2.24) is 0 Å². The van der Waals surface area contributed by atoms with E-state index in [-0.39, 0.29) is 5.97 Å². The van der Waals surface area contributed by atoms with E-state index in [2.05, 4.69) is 13.8 Å². The predicted octanol–water partition coefficient (Wildman–Crippen LogP) is 2.09. The summed E-state index contributed by atoms with van der Waals surface area (Å²) in [6.07, 6.45) is 4.55. The van der Waals surface area contributed by atoms with Gasteiger partial charge >= 0.3 is 5.97 Å². The highest BCUT2D eigenvalue weighted by Crippen LogP contribution is 2.07. The van der Waals surface area contributed by atoms with Crippen molar-refractivity contribution in [2.75, 3.05) is 6.61 Å². The molecule has 0 spiro atoms. The van der Waals surface area contributed by atoms with Crippen molar-refractivity contribution in [1.29, 1.82) is 0 Å². The third-order valence-electron chi connectivity index (χ3n) is 2.04. The van der Waals surface area contributed by atoms with Gasteiger partial charge in [0.05, 0.1) is 6.61 Å². The van der Waals surface area contributed by atoms with E-state index in [1.165, 1.54) is 12.8 Å². The molecule has 3 heteroatoms. The zero-order valence-corrected chi connectivity index (χ0v) is 9.58. The molecule has 84 valence electrons. The Morgan fingerprint density at radius 2 is 1.86 bits per heavy atom. The van der Waals surface area contributed by atoms with Crippen LogP contribution in [0.3, 0.4) is 0 Å². The Kier molecular flexibility index (Phi) is 7.48. The number of rotatable bonds is 7. The first kappa shape index (κ1) is 13.4. The summed E-state index contributed by atoms with van der Waals surface area (Å²) in [5.74, 6) is 0.468. The third kappa shape index (κ3) is 8.05. The van der Waals surface area contributed by atoms with E-state index in [0.29, 0.717) is 6.61 Å². The van der Waals surface area contributed by atoms with Crippen LogP contribution in [0.15, 0.2) is 0 Å². The lowest BCUT2D eigenvalue weighted by atomic mass is 10.1. The maximum Gasteiger partial charge on any atom is 0.322 e. The Balaban J connectivity index is 3.18. The van der Waals surface area contributed by atoms with Crippen LogP contribution in [0.1, 0.15) is 46.5 Å². The zero-order chi connectivity index (χ0) is 11.0. The number of esters is 1. The van der Waals surface area contributed by atoms with Crippen LogP contribution in [0.4, 0.5) is 0 Å². The summed E-state index contributed by atoms with van der Waals surface area (Å²) >= 11 is 0. The highest BCUT2D eigenvalue weighted by molar-refractivity contribution is 5.74. The number of unbranched alkanes of at least 4 members (excludes halogenated alkanes) is 2. The van der Waals surface area contributed by atoms with Gasteiger partial charge in [-0.3, -0.25) is 4.79 Å². The van der Waals surface area contributed by atoms with E-state index in [0.717, 1.165) is 18.8 Å². The van der Waals surface area contributed by atoms with Gasteiger partial charge in [-0.1, -0.05) is 33.1 Å². The number of ether oxygens (including phenoxy) is 1. The quantitative estimate of drug-likeness (QED) is 0.507. The first-order valence-corrected chi connectivity index (χ1v) is 5.46. The van der Waals surface area contributed by atoms with Gasteiger partial charge in [-0.25, -0.2) is 0 Å². The fourth-order valence-electron chi connectivity index (χ4n) is 1.14. The normalized spacial score (nSPS) is 12.9. The molecular formula is C11H23NO2. The van der Waals surface area contributed by atoms with Crippen molar-refractivity contribution in [3.05, 3.63) is 0 Å². The minimum atomic E-state index is -0.495. The molecule has 0 rings (SSSR count). The average molecular weight is 201 g/mol. The Morgan fingerprint density at radius 3 is 2.36 bits per heavy atom. The van der Waals surface area contributed by atoms with Crippen LogP contribution in [0.25, 0.3) is 0 Å². The van der Waals surface area contributed by atoms with Gasteiger partial charge < -0.3 is 10.5 Å².